The van der Waals surface area contributed by atoms with Crippen molar-refractivity contribution >= 4 is 35.8 Å². The molecule has 0 heterocycles. The molecule has 19 saturated carbocycles. The van der Waals surface area contributed by atoms with Gasteiger partial charge in [0.15, 0.2) is 0 Å². The molecule has 12 heteroatoms. The summed E-state index contributed by atoms with van der Waals surface area (Å²) in [5.74, 6) is 14.8. The lowest BCUT2D eigenvalue weighted by molar-refractivity contribution is -0.211. The predicted octanol–water partition coefficient (Wildman–Crippen LogP) is 27.3. The topological polar surface area (TPSA) is 158 Å². The Bertz CT molecular complexity index is 3350. The van der Waals surface area contributed by atoms with E-state index in [9.17, 15) is 28.8 Å². The Kier molecular flexibility index (Phi) is 28.5. The lowest BCUT2D eigenvalue weighted by Gasteiger charge is -2.61. The van der Waals surface area contributed by atoms with Gasteiger partial charge >= 0.3 is 35.8 Å². The first-order chi connectivity index (χ1) is 54.3. The second kappa shape index (κ2) is 35.3. The highest BCUT2D eigenvalue weighted by molar-refractivity contribution is 5.79. The molecule has 13 unspecified atom stereocenters. The van der Waals surface area contributed by atoms with Crippen LogP contribution < -0.4 is 0 Å². The van der Waals surface area contributed by atoms with Crippen LogP contribution in [0.5, 0.6) is 0 Å². The first-order valence-electron chi connectivity index (χ1n) is 49.8. The number of carbonyl (C=O) groups is 6. The van der Waals surface area contributed by atoms with Gasteiger partial charge in [-0.2, -0.15) is 0 Å². The van der Waals surface area contributed by atoms with Gasteiger partial charge in [0.25, 0.3) is 0 Å². The Morgan fingerprint density at radius 2 is 0.667 bits per heavy atom. The second-order valence-electron chi connectivity index (χ2n) is 49.4. The minimum absolute atomic E-state index is 0.00345. The summed E-state index contributed by atoms with van der Waals surface area (Å²) in [6.07, 6.45) is 51.0. The van der Waals surface area contributed by atoms with E-state index >= 15 is 0 Å². The maximum atomic E-state index is 12.6. The third-order valence-corrected chi connectivity index (χ3v) is 38.4. The molecule has 19 aliphatic rings. The minimum atomic E-state index is -0.362. The molecule has 0 aromatic rings. The summed E-state index contributed by atoms with van der Waals surface area (Å²) in [7, 11) is 0. The Morgan fingerprint density at radius 3 is 1.15 bits per heavy atom. The van der Waals surface area contributed by atoms with Gasteiger partial charge in [0.1, 0.15) is 33.6 Å². The predicted molar refractivity (Wildman–Crippen MR) is 472 cm³/mol. The molecule has 14 bridgehead atoms. The molecule has 12 nitrogen and oxygen atoms in total. The first-order valence-corrected chi connectivity index (χ1v) is 49.8. The SMILES string of the molecule is CCC(C)(C)C(=O)OC(C)(C)C12CC3CC(CC(C3)C1)C2.CCC(C)(C)C(=O)OC(C)(C)C12CC3CC(CC1C3)C2.CCC(C)(C)C(=O)OC1(C)C2CC3CC(C2)CC1C3.CCC(C)(C)C(=O)OC1(C)CC2CC1C1CCCC21.CCC(C)(C)C(=O)OC1(C)CCC2CCCCC2C1.CCC(C)(C)C(=O)OC1(C)CCCC2CCCCC21. The van der Waals surface area contributed by atoms with Gasteiger partial charge in [0.05, 0.1) is 32.5 Å². The van der Waals surface area contributed by atoms with Crippen molar-refractivity contribution in [2.75, 3.05) is 0 Å². The van der Waals surface area contributed by atoms with Crippen LogP contribution >= 0.6 is 0 Å². The van der Waals surface area contributed by atoms with Gasteiger partial charge in [0, 0.05) is 22.7 Å². The minimum Gasteiger partial charge on any atom is -0.459 e. The van der Waals surface area contributed by atoms with Crippen molar-refractivity contribution < 1.29 is 57.2 Å². The zero-order valence-corrected chi connectivity index (χ0v) is 80.3. The summed E-state index contributed by atoms with van der Waals surface area (Å²) < 4.78 is 36.5. The monoisotopic (exact) mass is 1630 g/mol. The highest BCUT2D eigenvalue weighted by Crippen LogP contribution is 2.71. The number of rotatable bonds is 20. The van der Waals surface area contributed by atoms with Crippen molar-refractivity contribution in [1.29, 1.82) is 0 Å². The van der Waals surface area contributed by atoms with Crippen LogP contribution in [0.25, 0.3) is 0 Å². The van der Waals surface area contributed by atoms with Gasteiger partial charge < -0.3 is 28.4 Å². The molecule has 19 rings (SSSR count). The third-order valence-electron chi connectivity index (χ3n) is 38.4. The molecule has 19 fully saturated rings. The van der Waals surface area contributed by atoms with Crippen molar-refractivity contribution in [2.24, 2.45) is 150 Å². The molecule has 0 aromatic carbocycles. The Morgan fingerprint density at radius 1 is 0.291 bits per heavy atom. The van der Waals surface area contributed by atoms with E-state index in [4.69, 9.17) is 28.4 Å². The molecule has 0 aliphatic heterocycles. The van der Waals surface area contributed by atoms with Gasteiger partial charge in [-0.05, 0) is 445 Å². The van der Waals surface area contributed by atoms with Crippen LogP contribution in [-0.2, 0) is 57.2 Å². The van der Waals surface area contributed by atoms with Crippen molar-refractivity contribution in [1.82, 2.24) is 0 Å². The lowest BCUT2D eigenvalue weighted by atomic mass is 9.46. The third kappa shape index (κ3) is 19.8. The van der Waals surface area contributed by atoms with E-state index in [0.29, 0.717) is 23.7 Å². The smallest absolute Gasteiger partial charge is 0.312 e. The maximum Gasteiger partial charge on any atom is 0.312 e. The number of ether oxygens (including phenoxy) is 6. The number of carbonyl (C=O) groups excluding carboxylic acids is 6. The molecule has 13 atom stereocenters. The normalized spacial score (nSPS) is 39.6. The average molecular weight is 1630 g/mol. The van der Waals surface area contributed by atoms with E-state index in [2.05, 4.69) is 96.9 Å². The van der Waals surface area contributed by atoms with Crippen LogP contribution in [0.3, 0.4) is 0 Å². The number of hydrogen-bond acceptors (Lipinski definition) is 12. The summed E-state index contributed by atoms with van der Waals surface area (Å²) in [5.41, 5.74) is -2.90. The van der Waals surface area contributed by atoms with Gasteiger partial charge in [0.2, 0.25) is 0 Å². The number of fused-ring (bicyclic) bond motifs is 7. The summed E-state index contributed by atoms with van der Waals surface area (Å²) in [6.45, 7) is 53.9. The van der Waals surface area contributed by atoms with E-state index in [0.717, 1.165) is 147 Å². The fraction of sp³-hybridized carbons (Fsp3) is 0.943. The molecule has 19 aliphatic carbocycles. The standard InChI is InChI=1S/C19H32O2.C18H30O2.2C17H28O2.2C17H30O2/c1-6-17(2,3)16(20)21-18(4,5)19-10-13-7-14(11-19)9-15(8-13)12-19;1-6-16(2,3)15(19)20-17(4,5)18-10-12-7-13(11-18)9-14(18)8-12;1-5-16(2,3)15(18)19-17(4)13-7-11-6-12(9-13)10-14(17)8-11;1-5-16(2,3)15(18)19-17(4)10-11-9-14(17)13-8-6-7-12(11)13;1-5-16(2,3)15(18)19-17(4)12-8-10-13-9-6-7-11-14(13)17;1-5-16(2,3)15(18)19-17(4)11-10-13-8-6-7-9-14(13)12-17/h13-15H,6-12H2,1-5H3;12-14H,6-11H2,1-5H3;2*11-14H,5-10H2,1-4H3;2*13-14H,5-12H2,1-4H3. The Balaban J connectivity index is 0.000000138. The summed E-state index contributed by atoms with van der Waals surface area (Å²) >= 11 is 0. The molecule has 670 valence electrons. The molecule has 0 amide bonds. The van der Waals surface area contributed by atoms with Crippen LogP contribution in [0.1, 0.15) is 443 Å². The number of hydrogen-bond donors (Lipinski definition) is 0. The van der Waals surface area contributed by atoms with Crippen LogP contribution in [0, 0.1) is 150 Å². The Hall–Kier alpha value is -3.18. The van der Waals surface area contributed by atoms with Gasteiger partial charge in [-0.1, -0.05) is 92.9 Å². The summed E-state index contributed by atoms with van der Waals surface area (Å²) in [6, 6.07) is 0. The van der Waals surface area contributed by atoms with E-state index in [1.165, 1.54) is 199 Å². The zero-order chi connectivity index (χ0) is 86.1. The molecule has 0 radical (unpaired) electrons. The average Bonchev–Trinajstić information content (AvgIpc) is 1.20. The molecular weight excluding hydrogens is 1450 g/mol. The summed E-state index contributed by atoms with van der Waals surface area (Å²) in [4.78, 5) is 74.7. The Labute approximate surface area is 715 Å². The van der Waals surface area contributed by atoms with Crippen LogP contribution in [0.2, 0.25) is 0 Å². The van der Waals surface area contributed by atoms with Gasteiger partial charge in [-0.3, -0.25) is 28.8 Å². The second-order valence-corrected chi connectivity index (χ2v) is 49.4. The zero-order valence-electron chi connectivity index (χ0n) is 80.3. The molecule has 0 N–H and O–H groups in total. The van der Waals surface area contributed by atoms with E-state index in [1.54, 1.807) is 0 Å². The molecule has 117 heavy (non-hydrogen) atoms. The van der Waals surface area contributed by atoms with Crippen molar-refractivity contribution in [2.45, 2.75) is 477 Å². The highest BCUT2D eigenvalue weighted by Gasteiger charge is 2.67. The van der Waals surface area contributed by atoms with Crippen molar-refractivity contribution in [3.63, 3.8) is 0 Å². The van der Waals surface area contributed by atoms with Crippen molar-refractivity contribution in [3.8, 4) is 0 Å². The fourth-order valence-electron chi connectivity index (χ4n) is 28.2. The van der Waals surface area contributed by atoms with Gasteiger partial charge in [-0.25, -0.2) is 0 Å². The van der Waals surface area contributed by atoms with Crippen LogP contribution in [-0.4, -0.2) is 69.4 Å². The number of esters is 6. The molecular formula is C105H178O12. The maximum absolute atomic E-state index is 12.6. The van der Waals surface area contributed by atoms with Crippen LogP contribution in [0.4, 0.5) is 0 Å². The first kappa shape index (κ1) is 94.5. The van der Waals surface area contributed by atoms with Crippen LogP contribution in [0.15, 0.2) is 0 Å². The van der Waals surface area contributed by atoms with Gasteiger partial charge in [-0.15, -0.1) is 0 Å². The summed E-state index contributed by atoms with van der Waals surface area (Å²) in [5, 5.41) is 0. The van der Waals surface area contributed by atoms with E-state index < -0.39 is 0 Å². The largest absolute Gasteiger partial charge is 0.459 e. The molecule has 0 spiro atoms. The highest BCUT2D eigenvalue weighted by atomic mass is 16.6. The molecule has 0 saturated heterocycles. The van der Waals surface area contributed by atoms with E-state index in [1.807, 2.05) is 83.1 Å². The fourth-order valence-corrected chi connectivity index (χ4v) is 28.2. The van der Waals surface area contributed by atoms with Crippen molar-refractivity contribution in [3.05, 3.63) is 0 Å². The van der Waals surface area contributed by atoms with E-state index in [-0.39, 0.29) is 113 Å². The lowest BCUT2D eigenvalue weighted by Crippen LogP contribution is -2.58. The quantitative estimate of drug-likeness (QED) is 0.0840. The molecule has 0 aromatic heterocycles.